The second-order valence-electron chi connectivity index (χ2n) is 6.19. The number of benzene rings is 1. The number of nitrogens with zero attached hydrogens (tertiary/aromatic N) is 3. The summed E-state index contributed by atoms with van der Waals surface area (Å²) >= 11 is 1.80. The van der Waals surface area contributed by atoms with Crippen LogP contribution in [0, 0.1) is 11.3 Å². The summed E-state index contributed by atoms with van der Waals surface area (Å²) in [6.07, 6.45) is 2.12. The van der Waals surface area contributed by atoms with Crippen LogP contribution in [-0.4, -0.2) is 36.7 Å². The molecule has 0 radical (unpaired) electrons. The van der Waals surface area contributed by atoms with Gasteiger partial charge in [0.25, 0.3) is 0 Å². The highest BCUT2D eigenvalue weighted by Crippen LogP contribution is 2.29. The van der Waals surface area contributed by atoms with Crippen LogP contribution >= 0.6 is 11.9 Å². The third kappa shape index (κ3) is 3.28. The van der Waals surface area contributed by atoms with Gasteiger partial charge in [-0.15, -0.1) is 0 Å². The second-order valence-corrected chi connectivity index (χ2v) is 7.07. The van der Waals surface area contributed by atoms with E-state index in [-0.39, 0.29) is 5.41 Å². The van der Waals surface area contributed by atoms with Gasteiger partial charge in [-0.3, -0.25) is 0 Å². The predicted molar refractivity (Wildman–Crippen MR) is 87.2 cm³/mol. The van der Waals surface area contributed by atoms with Crippen LogP contribution in [0.2, 0.25) is 0 Å². The number of rotatable bonds is 2. The molecule has 1 aromatic carbocycles. The molecule has 20 heavy (non-hydrogen) atoms. The van der Waals surface area contributed by atoms with E-state index in [4.69, 9.17) is 0 Å². The summed E-state index contributed by atoms with van der Waals surface area (Å²) in [6, 6.07) is 8.70. The van der Waals surface area contributed by atoms with Crippen molar-refractivity contribution >= 4 is 17.6 Å². The number of nitriles is 1. The lowest BCUT2D eigenvalue weighted by molar-refractivity contribution is 0.431. The number of anilines is 1. The normalized spacial score (nSPS) is 17.1. The molecular weight excluding hydrogens is 266 g/mol. The number of hydrogen-bond acceptors (Lipinski definition) is 4. The maximum Gasteiger partial charge on any atom is 0.101 e. The first-order valence-electron chi connectivity index (χ1n) is 7.04. The van der Waals surface area contributed by atoms with Crippen molar-refractivity contribution in [3.8, 4) is 6.07 Å². The van der Waals surface area contributed by atoms with E-state index in [2.05, 4.69) is 60.5 Å². The third-order valence-electron chi connectivity index (χ3n) is 3.82. The fourth-order valence-corrected chi connectivity index (χ4v) is 3.01. The zero-order valence-electron chi connectivity index (χ0n) is 12.8. The van der Waals surface area contributed by atoms with E-state index in [1.54, 1.807) is 11.9 Å². The van der Waals surface area contributed by atoms with Gasteiger partial charge in [0.2, 0.25) is 0 Å². The molecule has 1 aromatic rings. The van der Waals surface area contributed by atoms with Gasteiger partial charge < -0.3 is 4.90 Å². The lowest BCUT2D eigenvalue weighted by Gasteiger charge is -2.35. The topological polar surface area (TPSA) is 30.3 Å². The second kappa shape index (κ2) is 6.07. The minimum atomic E-state index is 0.0850. The highest BCUT2D eigenvalue weighted by Gasteiger charge is 2.21. The van der Waals surface area contributed by atoms with Crippen molar-refractivity contribution in [3.05, 3.63) is 29.3 Å². The maximum atomic E-state index is 9.45. The molecule has 108 valence electrons. The van der Waals surface area contributed by atoms with E-state index in [0.717, 1.165) is 37.4 Å². The Morgan fingerprint density at radius 1 is 1.15 bits per heavy atom. The Labute approximate surface area is 126 Å². The first-order valence-corrected chi connectivity index (χ1v) is 8.22. The molecule has 1 aliphatic heterocycles. The minimum Gasteiger partial charge on any atom is -0.368 e. The summed E-state index contributed by atoms with van der Waals surface area (Å²) < 4.78 is 2.37. The molecule has 0 aromatic heterocycles. The Kier molecular flexibility index (Phi) is 4.62. The molecular formula is C16H23N3S. The van der Waals surface area contributed by atoms with E-state index in [0.29, 0.717) is 0 Å². The van der Waals surface area contributed by atoms with Crippen molar-refractivity contribution < 1.29 is 0 Å². The molecule has 0 spiro atoms. The highest BCUT2D eigenvalue weighted by atomic mass is 32.2. The lowest BCUT2D eigenvalue weighted by atomic mass is 9.86. The van der Waals surface area contributed by atoms with Crippen molar-refractivity contribution in [2.45, 2.75) is 26.2 Å². The van der Waals surface area contributed by atoms with Crippen LogP contribution in [0.5, 0.6) is 0 Å². The molecule has 0 atom stereocenters. The van der Waals surface area contributed by atoms with Crippen LogP contribution < -0.4 is 4.90 Å². The minimum absolute atomic E-state index is 0.0850. The first kappa shape index (κ1) is 15.2. The summed E-state index contributed by atoms with van der Waals surface area (Å²) in [7, 11) is 0. The molecule has 1 fully saturated rings. The molecule has 0 amide bonds. The summed E-state index contributed by atoms with van der Waals surface area (Å²) in [5, 5.41) is 9.45. The SMILES string of the molecule is CSN1CCN(c2ccc(C(C)(C)C)cc2C#N)CC1. The van der Waals surface area contributed by atoms with Crippen molar-refractivity contribution in [3.63, 3.8) is 0 Å². The van der Waals surface area contributed by atoms with Crippen LogP contribution in [0.1, 0.15) is 31.9 Å². The average Bonchev–Trinajstić information content (AvgIpc) is 2.45. The van der Waals surface area contributed by atoms with Crippen molar-refractivity contribution in [2.24, 2.45) is 0 Å². The van der Waals surface area contributed by atoms with E-state index < -0.39 is 0 Å². The van der Waals surface area contributed by atoms with Crippen LogP contribution in [0.3, 0.4) is 0 Å². The summed E-state index contributed by atoms with van der Waals surface area (Å²) in [5.41, 5.74) is 3.19. The molecule has 0 saturated carbocycles. The molecule has 0 N–H and O–H groups in total. The van der Waals surface area contributed by atoms with Gasteiger partial charge in [0.05, 0.1) is 11.3 Å². The van der Waals surface area contributed by atoms with Gasteiger partial charge >= 0.3 is 0 Å². The molecule has 2 rings (SSSR count). The fraction of sp³-hybridized carbons (Fsp3) is 0.562. The summed E-state index contributed by atoms with van der Waals surface area (Å²) in [5.74, 6) is 0. The Bertz CT molecular complexity index is 505. The van der Waals surface area contributed by atoms with Crippen LogP contribution in [-0.2, 0) is 5.41 Å². The number of hydrogen-bond donors (Lipinski definition) is 0. The Hall–Kier alpha value is -1.18. The summed E-state index contributed by atoms with van der Waals surface area (Å²) in [6.45, 7) is 10.6. The van der Waals surface area contributed by atoms with Crippen LogP contribution in [0.4, 0.5) is 5.69 Å². The smallest absolute Gasteiger partial charge is 0.101 e. The molecule has 1 saturated heterocycles. The molecule has 1 heterocycles. The van der Waals surface area contributed by atoms with Crippen LogP contribution in [0.15, 0.2) is 18.2 Å². The lowest BCUT2D eigenvalue weighted by Crippen LogP contribution is -2.43. The highest BCUT2D eigenvalue weighted by molar-refractivity contribution is 7.96. The molecule has 1 aliphatic rings. The van der Waals surface area contributed by atoms with E-state index >= 15 is 0 Å². The quantitative estimate of drug-likeness (QED) is 0.782. The monoisotopic (exact) mass is 289 g/mol. The van der Waals surface area contributed by atoms with Crippen molar-refractivity contribution in [1.29, 1.82) is 5.26 Å². The largest absolute Gasteiger partial charge is 0.368 e. The van der Waals surface area contributed by atoms with E-state index in [1.807, 2.05) is 0 Å². The molecule has 0 unspecified atom stereocenters. The van der Waals surface area contributed by atoms with E-state index in [1.165, 1.54) is 5.56 Å². The first-order chi connectivity index (χ1) is 9.45. The van der Waals surface area contributed by atoms with Gasteiger partial charge in [-0.2, -0.15) is 5.26 Å². The van der Waals surface area contributed by atoms with Crippen LogP contribution in [0.25, 0.3) is 0 Å². The van der Waals surface area contributed by atoms with Gasteiger partial charge in [0, 0.05) is 26.2 Å². The van der Waals surface area contributed by atoms with Gasteiger partial charge in [0.1, 0.15) is 6.07 Å². The van der Waals surface area contributed by atoms with Crippen molar-refractivity contribution in [1.82, 2.24) is 4.31 Å². The Morgan fingerprint density at radius 2 is 1.80 bits per heavy atom. The van der Waals surface area contributed by atoms with Gasteiger partial charge in [-0.05, 0) is 29.4 Å². The van der Waals surface area contributed by atoms with E-state index in [9.17, 15) is 5.26 Å². The number of piperazine rings is 1. The molecule has 0 aliphatic carbocycles. The maximum absolute atomic E-state index is 9.45. The van der Waals surface area contributed by atoms with Gasteiger partial charge in [-0.1, -0.05) is 38.8 Å². The summed E-state index contributed by atoms with van der Waals surface area (Å²) in [4.78, 5) is 2.33. The van der Waals surface area contributed by atoms with Crippen molar-refractivity contribution in [2.75, 3.05) is 37.3 Å². The molecule has 3 nitrogen and oxygen atoms in total. The standard InChI is InChI=1S/C16H23N3S/c1-16(2,3)14-5-6-15(13(11-14)12-17)18-7-9-19(20-4)10-8-18/h5-6,11H,7-10H2,1-4H3. The fourth-order valence-electron chi connectivity index (χ4n) is 2.48. The average molecular weight is 289 g/mol. The Balaban J connectivity index is 2.23. The van der Waals surface area contributed by atoms with Gasteiger partial charge in [-0.25, -0.2) is 4.31 Å². The molecule has 0 bridgehead atoms. The predicted octanol–water partition coefficient (Wildman–Crippen LogP) is 3.26. The Morgan fingerprint density at radius 3 is 2.30 bits per heavy atom. The van der Waals surface area contributed by atoms with Gasteiger partial charge in [0.15, 0.2) is 0 Å². The third-order valence-corrected chi connectivity index (χ3v) is 4.70. The molecule has 4 heteroatoms. The zero-order chi connectivity index (χ0) is 14.8. The zero-order valence-corrected chi connectivity index (χ0v) is 13.6.